The molecule has 0 aliphatic carbocycles. The van der Waals surface area contributed by atoms with Crippen LogP contribution >= 0.6 is 21.4 Å². The third-order valence-corrected chi connectivity index (χ3v) is 6.85. The lowest BCUT2D eigenvalue weighted by atomic mass is 10.1. The number of ether oxygens (including phenoxy) is 1. The highest BCUT2D eigenvalue weighted by atomic mass is 32.3. The minimum atomic E-state index is -0.740. The van der Waals surface area contributed by atoms with E-state index in [1.165, 1.54) is 11.3 Å². The van der Waals surface area contributed by atoms with E-state index in [2.05, 4.69) is 34.2 Å². The first-order valence-corrected chi connectivity index (χ1v) is 13.5. The van der Waals surface area contributed by atoms with E-state index >= 15 is 0 Å². The van der Waals surface area contributed by atoms with Gasteiger partial charge in [0.15, 0.2) is 0 Å². The number of aliphatic hydroxyl groups is 1. The van der Waals surface area contributed by atoms with Crippen LogP contribution in [0.25, 0.3) is 20.9 Å². The molecule has 1 amide bonds. The molecule has 3 rings (SSSR count). The molecule has 9 heteroatoms. The van der Waals surface area contributed by atoms with E-state index in [0.29, 0.717) is 22.9 Å². The molecule has 0 bridgehead atoms. The molecule has 164 valence electrons. The van der Waals surface area contributed by atoms with Crippen molar-refractivity contribution in [3.8, 4) is 10.7 Å². The summed E-state index contributed by atoms with van der Waals surface area (Å²) >= 11 is 1.50. The van der Waals surface area contributed by atoms with Crippen molar-refractivity contribution in [1.29, 1.82) is 0 Å². The zero-order chi connectivity index (χ0) is 21.9. The second kappa shape index (κ2) is 9.05. The van der Waals surface area contributed by atoms with Crippen LogP contribution in [0.5, 0.6) is 0 Å². The van der Waals surface area contributed by atoms with Crippen LogP contribution in [0.3, 0.4) is 0 Å². The molecule has 2 aromatic heterocycles. The van der Waals surface area contributed by atoms with Gasteiger partial charge in [-0.05, 0) is 44.7 Å². The first kappa shape index (κ1) is 22.7. The Morgan fingerprint density at radius 2 is 2.03 bits per heavy atom. The number of nitrogens with one attached hydrogen (secondary N) is 1. The summed E-state index contributed by atoms with van der Waals surface area (Å²) in [7, 11) is -0.627. The van der Waals surface area contributed by atoms with Crippen molar-refractivity contribution in [3.05, 3.63) is 36.0 Å². The van der Waals surface area contributed by atoms with Crippen LogP contribution in [-0.2, 0) is 11.5 Å². The van der Waals surface area contributed by atoms with Crippen molar-refractivity contribution < 1.29 is 14.6 Å². The number of rotatable bonds is 9. The number of benzene rings is 1. The zero-order valence-electron chi connectivity index (χ0n) is 18.1. The first-order valence-electron chi connectivity index (χ1n) is 9.68. The fourth-order valence-corrected chi connectivity index (χ4v) is 4.25. The van der Waals surface area contributed by atoms with Crippen LogP contribution in [-0.4, -0.2) is 69.1 Å². The van der Waals surface area contributed by atoms with Crippen LogP contribution < -0.4 is 5.32 Å². The summed E-state index contributed by atoms with van der Waals surface area (Å²) in [5.74, 6) is 0.713. The molecule has 0 saturated heterocycles. The van der Waals surface area contributed by atoms with E-state index < -0.39 is 15.6 Å². The summed E-state index contributed by atoms with van der Waals surface area (Å²) in [4.78, 5) is 17.6. The van der Waals surface area contributed by atoms with E-state index in [9.17, 15) is 9.90 Å². The lowest BCUT2D eigenvalue weighted by molar-refractivity contribution is 0.0806. The second-order valence-electron chi connectivity index (χ2n) is 8.75. The van der Waals surface area contributed by atoms with Crippen LogP contribution in [0, 0.1) is 0 Å². The number of para-hydroxylation sites is 1. The molecule has 0 aliphatic heterocycles. The standard InChI is InChI=1S/C21H30N4O3S2/c1-21(2,13-26)23-19(27)15-12-25(14-28-10-11-30(3,4)5)24-18(15)20-22-16-8-6-7-9-17(16)29-20/h6-9,12,26H,10-11,13-14H2,1-5H3,(H,23,27). The maximum Gasteiger partial charge on any atom is 0.255 e. The van der Waals surface area contributed by atoms with Gasteiger partial charge in [-0.2, -0.15) is 5.10 Å². The van der Waals surface area contributed by atoms with E-state index in [1.54, 1.807) is 24.7 Å². The lowest BCUT2D eigenvalue weighted by Gasteiger charge is -2.24. The highest BCUT2D eigenvalue weighted by Gasteiger charge is 2.26. The van der Waals surface area contributed by atoms with E-state index in [0.717, 1.165) is 16.0 Å². The molecule has 0 radical (unpaired) electrons. The number of carbonyl (C=O) groups is 1. The molecule has 2 heterocycles. The third kappa shape index (κ3) is 5.81. The normalized spacial score (nSPS) is 13.0. The number of amides is 1. The largest absolute Gasteiger partial charge is 0.394 e. The summed E-state index contributed by atoms with van der Waals surface area (Å²) < 4.78 is 8.47. The van der Waals surface area contributed by atoms with Gasteiger partial charge in [0, 0.05) is 11.9 Å². The van der Waals surface area contributed by atoms with Gasteiger partial charge in [-0.1, -0.05) is 12.1 Å². The molecule has 3 aromatic rings. The smallest absolute Gasteiger partial charge is 0.255 e. The molecule has 2 N–H and O–H groups in total. The van der Waals surface area contributed by atoms with Crippen molar-refractivity contribution >= 4 is 37.5 Å². The maximum absolute atomic E-state index is 13.0. The molecule has 1 aromatic carbocycles. The minimum absolute atomic E-state index is 0.165. The molecule has 0 saturated carbocycles. The van der Waals surface area contributed by atoms with Crippen LogP contribution in [0.15, 0.2) is 30.5 Å². The van der Waals surface area contributed by atoms with E-state index in [1.807, 2.05) is 24.3 Å². The number of fused-ring (bicyclic) bond motifs is 1. The average molecular weight is 451 g/mol. The van der Waals surface area contributed by atoms with Crippen molar-refractivity contribution in [2.24, 2.45) is 0 Å². The quantitative estimate of drug-likeness (QED) is 0.488. The third-order valence-electron chi connectivity index (χ3n) is 4.41. The molecule has 0 fully saturated rings. The average Bonchev–Trinajstić information content (AvgIpc) is 3.28. The highest BCUT2D eigenvalue weighted by Crippen LogP contribution is 2.34. The molecule has 0 atom stereocenters. The molecule has 0 spiro atoms. The molecule has 0 unspecified atom stereocenters. The van der Waals surface area contributed by atoms with Crippen molar-refractivity contribution in [3.63, 3.8) is 0 Å². The summed E-state index contributed by atoms with van der Waals surface area (Å²) in [5.41, 5.74) is 1.07. The summed E-state index contributed by atoms with van der Waals surface area (Å²) in [6.45, 7) is 4.29. The maximum atomic E-state index is 13.0. The Labute approximate surface area is 182 Å². The fraction of sp³-hybridized carbons (Fsp3) is 0.476. The van der Waals surface area contributed by atoms with Gasteiger partial charge in [0.05, 0.1) is 34.5 Å². The second-order valence-corrected chi connectivity index (χ2v) is 14.4. The lowest BCUT2D eigenvalue weighted by Crippen LogP contribution is -2.46. The minimum Gasteiger partial charge on any atom is -0.394 e. The molecule has 0 aliphatic rings. The topological polar surface area (TPSA) is 89.3 Å². The Morgan fingerprint density at radius 3 is 2.70 bits per heavy atom. The van der Waals surface area contributed by atoms with Crippen LogP contribution in [0.4, 0.5) is 0 Å². The van der Waals surface area contributed by atoms with E-state index in [4.69, 9.17) is 4.74 Å². The molecule has 7 nitrogen and oxygen atoms in total. The summed E-state index contributed by atoms with van der Waals surface area (Å²) in [6.07, 6.45) is 8.44. The number of thiazole rings is 1. The van der Waals surface area contributed by atoms with Crippen molar-refractivity contribution in [1.82, 2.24) is 20.1 Å². The Morgan fingerprint density at radius 1 is 1.30 bits per heavy atom. The van der Waals surface area contributed by atoms with Gasteiger partial charge >= 0.3 is 0 Å². The van der Waals surface area contributed by atoms with Gasteiger partial charge in [0.1, 0.15) is 17.4 Å². The van der Waals surface area contributed by atoms with Gasteiger partial charge in [0.25, 0.3) is 5.91 Å². The van der Waals surface area contributed by atoms with Crippen LogP contribution in [0.2, 0.25) is 0 Å². The zero-order valence-corrected chi connectivity index (χ0v) is 19.8. The van der Waals surface area contributed by atoms with E-state index in [-0.39, 0.29) is 19.2 Å². The Balaban J connectivity index is 1.88. The number of carbonyl (C=O) groups excluding carboxylic acids is 1. The van der Waals surface area contributed by atoms with Crippen molar-refractivity contribution in [2.75, 3.05) is 37.7 Å². The number of hydrogen-bond donors (Lipinski definition) is 2. The number of aliphatic hydroxyl groups excluding tert-OH is 1. The van der Waals surface area contributed by atoms with Gasteiger partial charge in [0.2, 0.25) is 0 Å². The Kier molecular flexibility index (Phi) is 6.86. The highest BCUT2D eigenvalue weighted by molar-refractivity contribution is 8.32. The Bertz CT molecular complexity index is 988. The predicted molar refractivity (Wildman–Crippen MR) is 126 cm³/mol. The summed E-state index contributed by atoms with van der Waals surface area (Å²) in [5, 5.41) is 17.7. The monoisotopic (exact) mass is 450 g/mol. The first-order chi connectivity index (χ1) is 14.1. The molecular formula is C21H30N4O3S2. The summed E-state index contributed by atoms with van der Waals surface area (Å²) in [6, 6.07) is 7.84. The van der Waals surface area contributed by atoms with Gasteiger partial charge < -0.3 is 15.2 Å². The van der Waals surface area contributed by atoms with Gasteiger partial charge in [-0.15, -0.1) is 11.3 Å². The van der Waals surface area contributed by atoms with Gasteiger partial charge in [-0.3, -0.25) is 4.79 Å². The van der Waals surface area contributed by atoms with Gasteiger partial charge in [-0.25, -0.2) is 19.7 Å². The number of nitrogens with zero attached hydrogens (tertiary/aromatic N) is 3. The fourth-order valence-electron chi connectivity index (χ4n) is 2.67. The Hall–Kier alpha value is -1.94. The van der Waals surface area contributed by atoms with Crippen molar-refractivity contribution in [2.45, 2.75) is 26.1 Å². The number of aromatic nitrogens is 3. The SMILES string of the molecule is CC(C)(CO)NC(=O)c1cn(COCCS(C)(C)C)nc1-c1nc2ccccc2s1. The molecule has 30 heavy (non-hydrogen) atoms. The predicted octanol–water partition coefficient (Wildman–Crippen LogP) is 3.33. The molecular weight excluding hydrogens is 420 g/mol. The number of hydrogen-bond acceptors (Lipinski definition) is 6. The van der Waals surface area contributed by atoms with Crippen LogP contribution in [0.1, 0.15) is 24.2 Å².